The van der Waals surface area contributed by atoms with E-state index in [9.17, 15) is 4.79 Å². The molecule has 5 rings (SSSR count). The Kier molecular flexibility index (Phi) is 5.64. The van der Waals surface area contributed by atoms with Crippen LogP contribution in [0.15, 0.2) is 54.3 Å². The molecule has 2 aliphatic heterocycles. The Labute approximate surface area is 200 Å². The van der Waals surface area contributed by atoms with Gasteiger partial charge in [0.25, 0.3) is 0 Å². The Hall–Kier alpha value is -2.50. The van der Waals surface area contributed by atoms with Gasteiger partial charge >= 0.3 is 0 Å². The molecule has 0 N–H and O–H groups in total. The molecule has 0 saturated carbocycles. The molecule has 0 radical (unpaired) electrons. The van der Waals surface area contributed by atoms with Gasteiger partial charge in [0, 0.05) is 29.2 Å². The van der Waals surface area contributed by atoms with E-state index >= 15 is 0 Å². The summed E-state index contributed by atoms with van der Waals surface area (Å²) in [5.74, 6) is 1.46. The van der Waals surface area contributed by atoms with Crippen molar-refractivity contribution >= 4 is 46.7 Å². The summed E-state index contributed by atoms with van der Waals surface area (Å²) in [5.41, 5.74) is 4.17. The minimum atomic E-state index is -0.146. The van der Waals surface area contributed by atoms with Gasteiger partial charge in [-0.3, -0.25) is 9.69 Å². The second-order valence-electron chi connectivity index (χ2n) is 7.87. The van der Waals surface area contributed by atoms with Crippen molar-refractivity contribution in [2.75, 3.05) is 6.73 Å². The Bertz CT molecular complexity index is 1290. The van der Waals surface area contributed by atoms with Gasteiger partial charge in [0.1, 0.15) is 18.2 Å². The van der Waals surface area contributed by atoms with Crippen molar-refractivity contribution in [2.24, 2.45) is 0 Å². The highest BCUT2D eigenvalue weighted by atomic mass is 35.5. The minimum Gasteiger partial charge on any atom is -0.477 e. The molecule has 0 amide bonds. The van der Waals surface area contributed by atoms with E-state index in [1.165, 1.54) is 0 Å². The molecule has 0 fully saturated rings. The van der Waals surface area contributed by atoms with Crippen molar-refractivity contribution in [2.45, 2.75) is 20.0 Å². The number of nitrogens with zero attached hydrogens (tertiary/aromatic N) is 1. The van der Waals surface area contributed by atoms with Gasteiger partial charge in [-0.2, -0.15) is 0 Å². The zero-order valence-corrected chi connectivity index (χ0v) is 19.4. The predicted molar refractivity (Wildman–Crippen MR) is 127 cm³/mol. The number of ketones is 1. The maximum atomic E-state index is 13.1. The van der Waals surface area contributed by atoms with Crippen LogP contribution in [0.2, 0.25) is 15.1 Å². The summed E-state index contributed by atoms with van der Waals surface area (Å²) in [6.45, 7) is 3.63. The number of ether oxygens (including phenoxy) is 2. The molecule has 2 aliphatic rings. The summed E-state index contributed by atoms with van der Waals surface area (Å²) in [6.07, 6.45) is 1.71. The topological polar surface area (TPSA) is 38.8 Å². The van der Waals surface area contributed by atoms with Gasteiger partial charge in [0.2, 0.25) is 5.78 Å². The van der Waals surface area contributed by atoms with E-state index < -0.39 is 0 Å². The van der Waals surface area contributed by atoms with Gasteiger partial charge in [0.05, 0.1) is 15.6 Å². The number of hydrogen-bond acceptors (Lipinski definition) is 4. The van der Waals surface area contributed by atoms with Crippen molar-refractivity contribution < 1.29 is 14.3 Å². The fraction of sp³-hybridized carbons (Fsp3) is 0.160. The maximum absolute atomic E-state index is 13.1. The predicted octanol–water partition coefficient (Wildman–Crippen LogP) is 6.92. The van der Waals surface area contributed by atoms with Crippen LogP contribution in [0.4, 0.5) is 0 Å². The van der Waals surface area contributed by atoms with Crippen molar-refractivity contribution in [3.63, 3.8) is 0 Å². The van der Waals surface area contributed by atoms with E-state index in [0.29, 0.717) is 46.2 Å². The lowest BCUT2D eigenvalue weighted by Gasteiger charge is -2.30. The van der Waals surface area contributed by atoms with E-state index in [1.54, 1.807) is 24.3 Å². The Balaban J connectivity index is 1.41. The second kappa shape index (κ2) is 8.45. The van der Waals surface area contributed by atoms with Crippen LogP contribution < -0.4 is 9.47 Å². The number of hydrogen-bond donors (Lipinski definition) is 0. The first kappa shape index (κ1) is 21.4. The smallest absolute Gasteiger partial charge is 0.231 e. The molecule has 0 aliphatic carbocycles. The largest absolute Gasteiger partial charge is 0.477 e. The Morgan fingerprint density at radius 2 is 1.88 bits per heavy atom. The summed E-state index contributed by atoms with van der Waals surface area (Å²) in [4.78, 5) is 15.2. The fourth-order valence-corrected chi connectivity index (χ4v) is 4.56. The third-order valence-corrected chi connectivity index (χ3v) is 6.51. The van der Waals surface area contributed by atoms with Crippen molar-refractivity contribution in [3.05, 3.63) is 97.2 Å². The van der Waals surface area contributed by atoms with Crippen LogP contribution in [0.3, 0.4) is 0 Å². The SMILES string of the molecule is Cc1c2c(cc3c1O/C(=C\c1cccc(Cl)c1)C3=O)CN(Cc1ccc(Cl)c(Cl)c1)CO2. The van der Waals surface area contributed by atoms with Crippen LogP contribution in [0, 0.1) is 6.92 Å². The number of benzene rings is 3. The number of allylic oxidation sites excluding steroid dienone is 1. The van der Waals surface area contributed by atoms with E-state index in [4.69, 9.17) is 44.3 Å². The Morgan fingerprint density at radius 1 is 1.03 bits per heavy atom. The van der Waals surface area contributed by atoms with E-state index in [0.717, 1.165) is 28.0 Å². The maximum Gasteiger partial charge on any atom is 0.231 e. The average molecular weight is 487 g/mol. The zero-order chi connectivity index (χ0) is 22.4. The number of rotatable bonds is 3. The number of carbonyl (C=O) groups excluding carboxylic acids is 1. The molecule has 0 atom stereocenters. The van der Waals surface area contributed by atoms with Gasteiger partial charge in [-0.25, -0.2) is 0 Å². The Morgan fingerprint density at radius 3 is 2.66 bits per heavy atom. The van der Waals surface area contributed by atoms with Gasteiger partial charge in [0.15, 0.2) is 5.76 Å². The second-order valence-corrected chi connectivity index (χ2v) is 9.12. The number of fused-ring (bicyclic) bond motifs is 2. The van der Waals surface area contributed by atoms with Crippen molar-refractivity contribution in [1.82, 2.24) is 4.90 Å². The van der Waals surface area contributed by atoms with Gasteiger partial charge in [-0.1, -0.05) is 53.0 Å². The first-order valence-electron chi connectivity index (χ1n) is 10.0. The molecule has 0 unspecified atom stereocenters. The van der Waals surface area contributed by atoms with Crippen LogP contribution in [-0.2, 0) is 13.1 Å². The lowest BCUT2D eigenvalue weighted by molar-refractivity contribution is 0.0876. The standard InChI is InChI=1S/C25H18Cl3NO3/c1-14-24-17(12-29(13-31-24)11-16-5-6-20(27)21(28)8-16)10-19-23(30)22(32-25(14)19)9-15-3-2-4-18(26)7-15/h2-10H,11-13H2,1H3/b22-9-. The number of Topliss-reactive ketones (excluding diaryl/α,β-unsaturated/α-hetero) is 1. The molecule has 162 valence electrons. The summed E-state index contributed by atoms with van der Waals surface area (Å²) < 4.78 is 12.0. The molecule has 3 aromatic rings. The van der Waals surface area contributed by atoms with Crippen LogP contribution >= 0.6 is 34.8 Å². The first-order chi connectivity index (χ1) is 15.4. The summed E-state index contributed by atoms with van der Waals surface area (Å²) in [5, 5.41) is 1.66. The highest BCUT2D eigenvalue weighted by Crippen LogP contribution is 2.43. The number of halogens is 3. The van der Waals surface area contributed by atoms with Crippen molar-refractivity contribution in [3.8, 4) is 11.5 Å². The van der Waals surface area contributed by atoms with Crippen LogP contribution in [-0.4, -0.2) is 17.4 Å². The van der Waals surface area contributed by atoms with Gasteiger partial charge < -0.3 is 9.47 Å². The first-order valence-corrected chi connectivity index (χ1v) is 11.2. The summed E-state index contributed by atoms with van der Waals surface area (Å²) >= 11 is 18.2. The van der Waals surface area contributed by atoms with E-state index in [2.05, 4.69) is 4.90 Å². The molecule has 0 saturated heterocycles. The lowest BCUT2D eigenvalue weighted by atomic mass is 10.00. The van der Waals surface area contributed by atoms with Crippen LogP contribution in [0.25, 0.3) is 6.08 Å². The summed E-state index contributed by atoms with van der Waals surface area (Å²) in [7, 11) is 0. The highest BCUT2D eigenvalue weighted by Gasteiger charge is 2.33. The molecule has 7 heteroatoms. The molecule has 0 spiro atoms. The molecule has 4 nitrogen and oxygen atoms in total. The third kappa shape index (κ3) is 4.00. The van der Waals surface area contributed by atoms with E-state index in [-0.39, 0.29) is 11.5 Å². The normalized spacial score (nSPS) is 16.5. The molecular formula is C25H18Cl3NO3. The zero-order valence-electron chi connectivity index (χ0n) is 17.1. The fourth-order valence-electron chi connectivity index (χ4n) is 4.04. The third-order valence-electron chi connectivity index (χ3n) is 5.54. The number of carbonyl (C=O) groups is 1. The van der Waals surface area contributed by atoms with Crippen LogP contribution in [0.5, 0.6) is 11.5 Å². The molecule has 0 aromatic heterocycles. The molecular weight excluding hydrogens is 469 g/mol. The molecule has 32 heavy (non-hydrogen) atoms. The quantitative estimate of drug-likeness (QED) is 0.377. The van der Waals surface area contributed by atoms with E-state index in [1.807, 2.05) is 37.3 Å². The van der Waals surface area contributed by atoms with Gasteiger partial charge in [-0.05, 0) is 54.5 Å². The highest BCUT2D eigenvalue weighted by molar-refractivity contribution is 6.42. The molecule has 2 heterocycles. The van der Waals surface area contributed by atoms with Crippen LogP contribution in [0.1, 0.15) is 32.6 Å². The minimum absolute atomic E-state index is 0.146. The summed E-state index contributed by atoms with van der Waals surface area (Å²) in [6, 6.07) is 14.8. The molecule has 3 aromatic carbocycles. The van der Waals surface area contributed by atoms with Crippen molar-refractivity contribution in [1.29, 1.82) is 0 Å². The average Bonchev–Trinajstić information content (AvgIpc) is 3.07. The van der Waals surface area contributed by atoms with Gasteiger partial charge in [-0.15, -0.1) is 0 Å². The molecule has 0 bridgehead atoms. The monoisotopic (exact) mass is 485 g/mol. The lowest BCUT2D eigenvalue weighted by Crippen LogP contribution is -2.32.